The molecule has 0 spiro atoms. The number of rotatable bonds is 5. The number of hydrogen-bond donors (Lipinski definition) is 2. The highest BCUT2D eigenvalue weighted by atomic mass is 14.9. The van der Waals surface area contributed by atoms with Crippen molar-refractivity contribution in [1.82, 2.24) is 0 Å². The fourth-order valence-electron chi connectivity index (χ4n) is 1.75. The quantitative estimate of drug-likeness (QED) is 0.822. The van der Waals surface area contributed by atoms with Crippen LogP contribution in [0.25, 0.3) is 0 Å². The number of nitrogens with two attached hydrogens (primary N) is 1. The molecule has 2 aromatic carbocycles. The molecule has 0 fully saturated rings. The largest absolute Gasteiger partial charge is 0.385 e. The van der Waals surface area contributed by atoms with Gasteiger partial charge >= 0.3 is 0 Å². The molecule has 17 heavy (non-hydrogen) atoms. The minimum absolute atomic E-state index is 0.614. The van der Waals surface area contributed by atoms with Gasteiger partial charge in [0.05, 0.1) is 0 Å². The topological polar surface area (TPSA) is 38.0 Å². The van der Waals surface area contributed by atoms with Crippen LogP contribution in [0.3, 0.4) is 0 Å². The van der Waals surface area contributed by atoms with E-state index in [1.54, 1.807) is 0 Å². The van der Waals surface area contributed by atoms with Crippen LogP contribution in [-0.2, 0) is 13.0 Å². The van der Waals surface area contributed by atoms with Gasteiger partial charge in [-0.25, -0.2) is 0 Å². The second kappa shape index (κ2) is 6.06. The van der Waals surface area contributed by atoms with Crippen LogP contribution < -0.4 is 11.1 Å². The lowest BCUT2D eigenvalue weighted by Crippen LogP contribution is -2.04. The molecule has 2 aromatic rings. The van der Waals surface area contributed by atoms with E-state index in [0.717, 1.165) is 13.0 Å². The van der Waals surface area contributed by atoms with Crippen LogP contribution >= 0.6 is 0 Å². The van der Waals surface area contributed by atoms with Crippen molar-refractivity contribution in [3.8, 4) is 0 Å². The maximum absolute atomic E-state index is 5.56. The van der Waals surface area contributed by atoms with Gasteiger partial charge in [0.1, 0.15) is 0 Å². The Bertz CT molecular complexity index is 434. The van der Waals surface area contributed by atoms with Crippen LogP contribution in [0.2, 0.25) is 0 Å². The molecule has 2 heteroatoms. The van der Waals surface area contributed by atoms with Crippen LogP contribution in [0.5, 0.6) is 0 Å². The van der Waals surface area contributed by atoms with E-state index in [9.17, 15) is 0 Å². The van der Waals surface area contributed by atoms with Gasteiger partial charge in [-0.15, -0.1) is 0 Å². The number of hydrogen-bond acceptors (Lipinski definition) is 2. The van der Waals surface area contributed by atoms with E-state index >= 15 is 0 Å². The third-order valence-electron chi connectivity index (χ3n) is 2.78. The summed E-state index contributed by atoms with van der Waals surface area (Å²) in [7, 11) is 0. The summed E-state index contributed by atoms with van der Waals surface area (Å²) in [5, 5.41) is 3.40. The molecule has 0 aromatic heterocycles. The lowest BCUT2D eigenvalue weighted by atomic mass is 10.1. The van der Waals surface area contributed by atoms with Gasteiger partial charge in [0.2, 0.25) is 0 Å². The third kappa shape index (κ3) is 3.61. The average Bonchev–Trinajstić information content (AvgIpc) is 2.41. The first kappa shape index (κ1) is 11.7. The Hall–Kier alpha value is -1.80. The Balaban J connectivity index is 1.82. The fourth-order valence-corrected chi connectivity index (χ4v) is 1.75. The highest BCUT2D eigenvalue weighted by molar-refractivity contribution is 5.42. The third-order valence-corrected chi connectivity index (χ3v) is 2.78. The molecule has 2 nitrogen and oxygen atoms in total. The van der Waals surface area contributed by atoms with Crippen LogP contribution in [0.1, 0.15) is 11.1 Å². The molecule has 2 rings (SSSR count). The first-order valence-corrected chi connectivity index (χ1v) is 5.95. The molecule has 0 unspecified atom stereocenters. The zero-order valence-corrected chi connectivity index (χ0v) is 9.89. The number of nitrogens with one attached hydrogen (secondary N) is 1. The summed E-state index contributed by atoms with van der Waals surface area (Å²) in [6, 6.07) is 18.8. The maximum Gasteiger partial charge on any atom is 0.0340 e. The van der Waals surface area contributed by atoms with E-state index in [1.165, 1.54) is 16.8 Å². The van der Waals surface area contributed by atoms with Crippen LogP contribution in [0.4, 0.5) is 5.69 Å². The Morgan fingerprint density at radius 1 is 0.824 bits per heavy atom. The van der Waals surface area contributed by atoms with E-state index in [1.807, 2.05) is 18.2 Å². The van der Waals surface area contributed by atoms with Gasteiger partial charge in [0, 0.05) is 18.8 Å². The normalized spacial score (nSPS) is 10.2. The summed E-state index contributed by atoms with van der Waals surface area (Å²) < 4.78 is 0. The Kier molecular flexibility index (Phi) is 4.17. The summed E-state index contributed by atoms with van der Waals surface area (Å²) in [6.07, 6.45) is 1.03. The van der Waals surface area contributed by atoms with Crippen LogP contribution in [0.15, 0.2) is 54.6 Å². The molecule has 3 N–H and O–H groups in total. The van der Waals surface area contributed by atoms with Gasteiger partial charge in [0.25, 0.3) is 0 Å². The van der Waals surface area contributed by atoms with Crippen molar-refractivity contribution >= 4 is 5.69 Å². The van der Waals surface area contributed by atoms with Gasteiger partial charge in [0.15, 0.2) is 0 Å². The smallest absolute Gasteiger partial charge is 0.0340 e. The number of anilines is 1. The predicted octanol–water partition coefficient (Wildman–Crippen LogP) is 2.80. The van der Waals surface area contributed by atoms with Crippen LogP contribution in [0, 0.1) is 0 Å². The van der Waals surface area contributed by atoms with Crippen molar-refractivity contribution in [3.05, 3.63) is 65.7 Å². The van der Waals surface area contributed by atoms with Gasteiger partial charge in [-0.1, -0.05) is 42.5 Å². The minimum atomic E-state index is 0.614. The van der Waals surface area contributed by atoms with E-state index in [0.29, 0.717) is 6.54 Å². The molecule has 0 radical (unpaired) electrons. The van der Waals surface area contributed by atoms with E-state index in [-0.39, 0.29) is 0 Å². The first-order valence-electron chi connectivity index (χ1n) is 5.95. The first-order chi connectivity index (χ1) is 8.38. The summed E-state index contributed by atoms with van der Waals surface area (Å²) in [5.41, 5.74) is 9.26. The van der Waals surface area contributed by atoms with Crippen molar-refractivity contribution in [2.75, 3.05) is 11.9 Å². The molecule has 0 saturated heterocycles. The lowest BCUT2D eigenvalue weighted by molar-refractivity contribution is 1.01. The van der Waals surface area contributed by atoms with Gasteiger partial charge in [-0.05, 0) is 29.7 Å². The predicted molar refractivity (Wildman–Crippen MR) is 73.0 cm³/mol. The lowest BCUT2D eigenvalue weighted by Gasteiger charge is -2.06. The molecule has 88 valence electrons. The van der Waals surface area contributed by atoms with E-state index < -0.39 is 0 Å². The second-order valence-electron chi connectivity index (χ2n) is 4.06. The molecule has 0 saturated carbocycles. The summed E-state index contributed by atoms with van der Waals surface area (Å²) >= 11 is 0. The molecular weight excluding hydrogens is 208 g/mol. The Morgan fingerprint density at radius 3 is 2.12 bits per heavy atom. The SMILES string of the molecule is NCc1ccc(CCNc2ccccc2)cc1. The van der Waals surface area contributed by atoms with Crippen molar-refractivity contribution in [3.63, 3.8) is 0 Å². The highest BCUT2D eigenvalue weighted by Gasteiger charge is 1.94. The van der Waals surface area contributed by atoms with Gasteiger partial charge < -0.3 is 11.1 Å². The summed E-state index contributed by atoms with van der Waals surface area (Å²) in [5.74, 6) is 0. The molecule has 0 aliphatic heterocycles. The van der Waals surface area contributed by atoms with Gasteiger partial charge in [-0.2, -0.15) is 0 Å². The van der Waals surface area contributed by atoms with Crippen molar-refractivity contribution < 1.29 is 0 Å². The molecular formula is C15H18N2. The summed E-state index contributed by atoms with van der Waals surface area (Å²) in [4.78, 5) is 0. The summed E-state index contributed by atoms with van der Waals surface area (Å²) in [6.45, 7) is 1.56. The zero-order chi connectivity index (χ0) is 11.9. The molecule has 0 aliphatic carbocycles. The fraction of sp³-hybridized carbons (Fsp3) is 0.200. The standard InChI is InChI=1S/C15H18N2/c16-12-14-8-6-13(7-9-14)10-11-17-15-4-2-1-3-5-15/h1-9,17H,10-12,16H2. The van der Waals surface area contributed by atoms with Crippen molar-refractivity contribution in [2.24, 2.45) is 5.73 Å². The number of benzene rings is 2. The van der Waals surface area contributed by atoms with E-state index in [2.05, 4.69) is 41.7 Å². The Labute approximate surface area is 102 Å². The van der Waals surface area contributed by atoms with Crippen LogP contribution in [-0.4, -0.2) is 6.54 Å². The molecule has 0 aliphatic rings. The van der Waals surface area contributed by atoms with E-state index in [4.69, 9.17) is 5.73 Å². The zero-order valence-electron chi connectivity index (χ0n) is 9.89. The molecule has 0 atom stereocenters. The second-order valence-corrected chi connectivity index (χ2v) is 4.06. The monoisotopic (exact) mass is 226 g/mol. The van der Waals surface area contributed by atoms with Crippen molar-refractivity contribution in [1.29, 1.82) is 0 Å². The molecule has 0 heterocycles. The average molecular weight is 226 g/mol. The number of para-hydroxylation sites is 1. The maximum atomic E-state index is 5.56. The van der Waals surface area contributed by atoms with Gasteiger partial charge in [-0.3, -0.25) is 0 Å². The molecule has 0 amide bonds. The molecule has 0 bridgehead atoms. The van der Waals surface area contributed by atoms with Crippen molar-refractivity contribution in [2.45, 2.75) is 13.0 Å². The Morgan fingerprint density at radius 2 is 1.47 bits per heavy atom. The highest BCUT2D eigenvalue weighted by Crippen LogP contribution is 2.07. The minimum Gasteiger partial charge on any atom is -0.385 e.